The highest BCUT2D eigenvalue weighted by atomic mass is 16.5. The Hall–Kier alpha value is -3.34. The van der Waals surface area contributed by atoms with Gasteiger partial charge in [0.2, 0.25) is 11.8 Å². The Morgan fingerprint density at radius 1 is 1.07 bits per heavy atom. The van der Waals surface area contributed by atoms with Gasteiger partial charge >= 0.3 is 0 Å². The van der Waals surface area contributed by atoms with Crippen molar-refractivity contribution in [3.63, 3.8) is 0 Å². The van der Waals surface area contributed by atoms with Crippen molar-refractivity contribution in [1.29, 1.82) is 0 Å². The molecule has 136 valence electrons. The van der Waals surface area contributed by atoms with Crippen LogP contribution in [0.25, 0.3) is 10.8 Å². The topological polar surface area (TPSA) is 58.6 Å². The first-order valence-corrected chi connectivity index (χ1v) is 8.89. The Labute approximate surface area is 157 Å². The Balaban J connectivity index is 1.52. The number of anilines is 2. The molecule has 4 rings (SSSR count). The molecule has 1 fully saturated rings. The van der Waals surface area contributed by atoms with E-state index in [2.05, 4.69) is 5.32 Å². The molecule has 0 spiro atoms. The average molecular weight is 360 g/mol. The molecule has 1 heterocycles. The summed E-state index contributed by atoms with van der Waals surface area (Å²) in [6.45, 7) is 0.364. The fourth-order valence-electron chi connectivity index (χ4n) is 3.48. The van der Waals surface area contributed by atoms with Crippen molar-refractivity contribution in [3.8, 4) is 5.75 Å². The molecule has 5 nitrogen and oxygen atoms in total. The van der Waals surface area contributed by atoms with Crippen LogP contribution in [0.5, 0.6) is 5.75 Å². The van der Waals surface area contributed by atoms with Gasteiger partial charge < -0.3 is 15.0 Å². The lowest BCUT2D eigenvalue weighted by atomic mass is 10.1. The number of ether oxygens (including phenoxy) is 1. The summed E-state index contributed by atoms with van der Waals surface area (Å²) in [4.78, 5) is 26.9. The third-order valence-corrected chi connectivity index (χ3v) is 4.91. The molecule has 1 N–H and O–H groups in total. The molecule has 27 heavy (non-hydrogen) atoms. The third kappa shape index (κ3) is 3.36. The van der Waals surface area contributed by atoms with E-state index in [0.717, 1.165) is 22.1 Å². The molecule has 0 saturated carbocycles. The van der Waals surface area contributed by atoms with Crippen molar-refractivity contribution in [3.05, 3.63) is 66.7 Å². The second-order valence-corrected chi connectivity index (χ2v) is 6.62. The van der Waals surface area contributed by atoms with E-state index in [1.807, 2.05) is 66.7 Å². The molecule has 3 aromatic rings. The SMILES string of the molecule is COc1cccc(N2CC(C(=O)Nc3cccc4ccccc34)CC2=O)c1. The first-order chi connectivity index (χ1) is 13.2. The van der Waals surface area contributed by atoms with Gasteiger partial charge in [0.15, 0.2) is 0 Å². The molecule has 1 aliphatic heterocycles. The van der Waals surface area contributed by atoms with Crippen LogP contribution in [-0.4, -0.2) is 25.5 Å². The lowest BCUT2D eigenvalue weighted by Gasteiger charge is -2.17. The van der Waals surface area contributed by atoms with Crippen LogP contribution in [-0.2, 0) is 9.59 Å². The Bertz CT molecular complexity index is 1010. The van der Waals surface area contributed by atoms with E-state index in [1.54, 1.807) is 12.0 Å². The summed E-state index contributed by atoms with van der Waals surface area (Å²) in [5.41, 5.74) is 1.52. The lowest BCUT2D eigenvalue weighted by molar-refractivity contribution is -0.122. The summed E-state index contributed by atoms with van der Waals surface area (Å²) in [6.07, 6.45) is 0.202. The first kappa shape index (κ1) is 17.1. The molecule has 0 aromatic heterocycles. The van der Waals surface area contributed by atoms with Gasteiger partial charge in [0.05, 0.1) is 13.0 Å². The van der Waals surface area contributed by atoms with E-state index in [-0.39, 0.29) is 24.2 Å². The second kappa shape index (κ2) is 7.11. The maximum Gasteiger partial charge on any atom is 0.229 e. The molecule has 1 unspecified atom stereocenters. The van der Waals surface area contributed by atoms with Gasteiger partial charge in [-0.1, -0.05) is 42.5 Å². The van der Waals surface area contributed by atoms with Gasteiger partial charge in [0.1, 0.15) is 5.75 Å². The van der Waals surface area contributed by atoms with Gasteiger partial charge in [-0.15, -0.1) is 0 Å². The van der Waals surface area contributed by atoms with Crippen LogP contribution in [0.1, 0.15) is 6.42 Å². The summed E-state index contributed by atoms with van der Waals surface area (Å²) in [6, 6.07) is 21.0. The molecular formula is C22H20N2O3. The fourth-order valence-corrected chi connectivity index (χ4v) is 3.48. The van der Waals surface area contributed by atoms with E-state index in [0.29, 0.717) is 12.3 Å². The van der Waals surface area contributed by atoms with Gasteiger partial charge in [-0.3, -0.25) is 9.59 Å². The molecule has 0 radical (unpaired) electrons. The zero-order valence-corrected chi connectivity index (χ0v) is 15.0. The normalized spacial score (nSPS) is 16.6. The molecule has 1 aliphatic rings. The number of hydrogen-bond acceptors (Lipinski definition) is 3. The minimum atomic E-state index is -0.386. The standard InChI is InChI=1S/C22H20N2O3/c1-27-18-9-5-8-17(13-18)24-14-16(12-21(24)25)22(26)23-20-11-4-7-15-6-2-3-10-19(15)20/h2-11,13,16H,12,14H2,1H3,(H,23,26). The molecule has 0 aliphatic carbocycles. The molecule has 1 saturated heterocycles. The molecule has 2 amide bonds. The van der Waals surface area contributed by atoms with Crippen molar-refractivity contribution in [2.45, 2.75) is 6.42 Å². The van der Waals surface area contributed by atoms with Crippen molar-refractivity contribution in [2.24, 2.45) is 5.92 Å². The predicted octanol–water partition coefficient (Wildman–Crippen LogP) is 3.84. The predicted molar refractivity (Wildman–Crippen MR) is 106 cm³/mol. The lowest BCUT2D eigenvalue weighted by Crippen LogP contribution is -2.28. The smallest absolute Gasteiger partial charge is 0.229 e. The minimum Gasteiger partial charge on any atom is -0.497 e. The van der Waals surface area contributed by atoms with Crippen LogP contribution in [0.4, 0.5) is 11.4 Å². The van der Waals surface area contributed by atoms with E-state index >= 15 is 0 Å². The van der Waals surface area contributed by atoms with Gasteiger partial charge in [-0.25, -0.2) is 0 Å². The zero-order chi connectivity index (χ0) is 18.8. The third-order valence-electron chi connectivity index (χ3n) is 4.91. The van der Waals surface area contributed by atoms with Crippen LogP contribution in [0.3, 0.4) is 0 Å². The number of methoxy groups -OCH3 is 1. The van der Waals surface area contributed by atoms with Crippen molar-refractivity contribution in [1.82, 2.24) is 0 Å². The quantitative estimate of drug-likeness (QED) is 0.769. The van der Waals surface area contributed by atoms with Crippen molar-refractivity contribution in [2.75, 3.05) is 23.9 Å². The zero-order valence-electron chi connectivity index (χ0n) is 15.0. The monoisotopic (exact) mass is 360 g/mol. The summed E-state index contributed by atoms with van der Waals surface area (Å²) in [5, 5.41) is 5.05. The van der Waals surface area contributed by atoms with E-state index in [1.165, 1.54) is 0 Å². The van der Waals surface area contributed by atoms with Gasteiger partial charge in [0.25, 0.3) is 0 Å². The van der Waals surface area contributed by atoms with Crippen LogP contribution in [0.2, 0.25) is 0 Å². The number of amides is 2. The Morgan fingerprint density at radius 3 is 2.70 bits per heavy atom. The number of rotatable bonds is 4. The molecule has 1 atom stereocenters. The summed E-state index contributed by atoms with van der Waals surface area (Å²) in [5.74, 6) is 0.109. The van der Waals surface area contributed by atoms with Crippen molar-refractivity contribution < 1.29 is 14.3 Å². The maximum absolute atomic E-state index is 12.8. The van der Waals surface area contributed by atoms with Gasteiger partial charge in [-0.05, 0) is 23.6 Å². The van der Waals surface area contributed by atoms with E-state index < -0.39 is 0 Å². The van der Waals surface area contributed by atoms with Crippen LogP contribution in [0, 0.1) is 5.92 Å². The summed E-state index contributed by atoms with van der Waals surface area (Å²) < 4.78 is 5.23. The Kier molecular flexibility index (Phi) is 4.50. The largest absolute Gasteiger partial charge is 0.497 e. The van der Waals surface area contributed by atoms with E-state index in [4.69, 9.17) is 4.74 Å². The molecule has 0 bridgehead atoms. The second-order valence-electron chi connectivity index (χ2n) is 6.62. The molecule has 5 heteroatoms. The number of nitrogens with zero attached hydrogens (tertiary/aromatic N) is 1. The van der Waals surface area contributed by atoms with Gasteiger partial charge in [-0.2, -0.15) is 0 Å². The number of carbonyl (C=O) groups is 2. The summed E-state index contributed by atoms with van der Waals surface area (Å²) >= 11 is 0. The number of hydrogen-bond donors (Lipinski definition) is 1. The number of fused-ring (bicyclic) bond motifs is 1. The highest BCUT2D eigenvalue weighted by Gasteiger charge is 2.35. The number of nitrogens with one attached hydrogen (secondary N) is 1. The van der Waals surface area contributed by atoms with E-state index in [9.17, 15) is 9.59 Å². The molecular weight excluding hydrogens is 340 g/mol. The van der Waals surface area contributed by atoms with Crippen LogP contribution < -0.4 is 15.0 Å². The number of benzene rings is 3. The van der Waals surface area contributed by atoms with Crippen LogP contribution >= 0.6 is 0 Å². The highest BCUT2D eigenvalue weighted by molar-refractivity contribution is 6.07. The fraction of sp³-hybridized carbons (Fsp3) is 0.182. The number of carbonyl (C=O) groups excluding carboxylic acids is 2. The average Bonchev–Trinajstić information content (AvgIpc) is 3.10. The van der Waals surface area contributed by atoms with Crippen molar-refractivity contribution >= 4 is 34.0 Å². The highest BCUT2D eigenvalue weighted by Crippen LogP contribution is 2.29. The molecule has 3 aromatic carbocycles. The van der Waals surface area contributed by atoms with Crippen LogP contribution in [0.15, 0.2) is 66.7 Å². The maximum atomic E-state index is 12.8. The minimum absolute atomic E-state index is 0.0543. The van der Waals surface area contributed by atoms with Gasteiger partial charge in [0, 0.05) is 35.8 Å². The Morgan fingerprint density at radius 2 is 1.85 bits per heavy atom. The first-order valence-electron chi connectivity index (χ1n) is 8.89. The summed E-state index contributed by atoms with van der Waals surface area (Å²) in [7, 11) is 1.59.